The fourth-order valence-electron chi connectivity index (χ4n) is 7.34. The van der Waals surface area contributed by atoms with E-state index >= 15 is 0 Å². The Hall–Kier alpha value is -3.11. The van der Waals surface area contributed by atoms with Crippen molar-refractivity contribution in [3.63, 3.8) is 0 Å². The number of nitrogens with one attached hydrogen (secondary N) is 1. The molecule has 6 rings (SSSR count). The van der Waals surface area contributed by atoms with Crippen LogP contribution in [0.3, 0.4) is 0 Å². The number of aryl methyl sites for hydroxylation is 3. The predicted molar refractivity (Wildman–Crippen MR) is 169 cm³/mol. The van der Waals surface area contributed by atoms with E-state index in [9.17, 15) is 4.79 Å². The van der Waals surface area contributed by atoms with Crippen molar-refractivity contribution in [2.24, 2.45) is 5.92 Å². The molecule has 5 heteroatoms. The van der Waals surface area contributed by atoms with Crippen LogP contribution in [0, 0.1) is 19.8 Å². The van der Waals surface area contributed by atoms with Gasteiger partial charge in [0, 0.05) is 34.9 Å². The number of fused-ring (bicyclic) bond motifs is 3. The number of benzene rings is 2. The molecule has 1 amide bonds. The van der Waals surface area contributed by atoms with E-state index in [1.165, 1.54) is 66.3 Å². The number of hydrogen-bond acceptors (Lipinski definition) is 2. The molecule has 4 nitrogen and oxygen atoms in total. The minimum atomic E-state index is -0.124. The molecule has 2 aromatic heterocycles. The van der Waals surface area contributed by atoms with Crippen LogP contribution in [0.5, 0.6) is 0 Å². The van der Waals surface area contributed by atoms with E-state index in [0.29, 0.717) is 17.5 Å². The standard InChI is InChI=1S/C36H42ClN3O/c1-24-21-25(2)39-35-33(24)31-11-7-8-12-32(31)40(35)23-27-13-17-29(18-14-27)34(28-9-5-3-4-6-10-28)36(41)38-22-26-15-19-30(37)20-16-26/h13-21,28,34H,3-12,22-23H2,1-2H3,(H,38,41). The average molecular weight is 568 g/mol. The van der Waals surface area contributed by atoms with Crippen molar-refractivity contribution >= 4 is 28.5 Å². The van der Waals surface area contributed by atoms with Gasteiger partial charge in [-0.1, -0.05) is 73.7 Å². The van der Waals surface area contributed by atoms with Gasteiger partial charge in [0.15, 0.2) is 0 Å². The van der Waals surface area contributed by atoms with Crippen molar-refractivity contribution in [1.29, 1.82) is 0 Å². The topological polar surface area (TPSA) is 46.9 Å². The van der Waals surface area contributed by atoms with Crippen LogP contribution in [0.4, 0.5) is 0 Å². The second-order valence-corrected chi connectivity index (χ2v) is 12.7. The number of carbonyl (C=O) groups is 1. The van der Waals surface area contributed by atoms with Crippen LogP contribution in [0.15, 0.2) is 54.6 Å². The zero-order valence-corrected chi connectivity index (χ0v) is 25.3. The van der Waals surface area contributed by atoms with Gasteiger partial charge < -0.3 is 9.88 Å². The van der Waals surface area contributed by atoms with Gasteiger partial charge >= 0.3 is 0 Å². The number of nitrogens with zero attached hydrogens (tertiary/aromatic N) is 2. The van der Waals surface area contributed by atoms with Gasteiger partial charge in [-0.25, -0.2) is 4.98 Å². The van der Waals surface area contributed by atoms with Crippen molar-refractivity contribution in [1.82, 2.24) is 14.9 Å². The second kappa shape index (κ2) is 12.4. The number of hydrogen-bond donors (Lipinski definition) is 1. The summed E-state index contributed by atoms with van der Waals surface area (Å²) in [5.74, 6) is 0.394. The molecule has 0 aliphatic heterocycles. The molecule has 0 spiro atoms. The molecule has 2 heterocycles. The first-order valence-electron chi connectivity index (χ1n) is 15.6. The van der Waals surface area contributed by atoms with Crippen LogP contribution < -0.4 is 5.32 Å². The van der Waals surface area contributed by atoms with Crippen molar-refractivity contribution in [3.8, 4) is 0 Å². The Bertz CT molecular complexity index is 1510. The van der Waals surface area contributed by atoms with Crippen molar-refractivity contribution in [3.05, 3.63) is 98.8 Å². The highest BCUT2D eigenvalue weighted by atomic mass is 35.5. The summed E-state index contributed by atoms with van der Waals surface area (Å²) < 4.78 is 2.47. The molecule has 2 aromatic carbocycles. The highest BCUT2D eigenvalue weighted by Crippen LogP contribution is 2.37. The van der Waals surface area contributed by atoms with Gasteiger partial charge in [0.05, 0.1) is 5.92 Å². The SMILES string of the molecule is Cc1cc(C)c2c3c(n(Cc4ccc(C(C(=O)NCc5ccc(Cl)cc5)C5CCCCCC5)cc4)c2n1)CCCC3. The zero-order valence-electron chi connectivity index (χ0n) is 24.5. The molecule has 2 aliphatic rings. The number of halogens is 1. The third-order valence-corrected chi connectivity index (χ3v) is 9.61. The number of pyridine rings is 1. The summed E-state index contributed by atoms with van der Waals surface area (Å²) in [4.78, 5) is 18.8. The fourth-order valence-corrected chi connectivity index (χ4v) is 7.46. The molecule has 0 saturated heterocycles. The monoisotopic (exact) mass is 567 g/mol. The van der Waals surface area contributed by atoms with E-state index < -0.39 is 0 Å². The Kier molecular flexibility index (Phi) is 8.48. The molecule has 41 heavy (non-hydrogen) atoms. The summed E-state index contributed by atoms with van der Waals surface area (Å²) in [7, 11) is 0. The average Bonchev–Trinajstić information content (AvgIpc) is 3.10. The van der Waals surface area contributed by atoms with Crippen LogP contribution in [-0.2, 0) is 30.7 Å². The Morgan fingerprint density at radius 2 is 1.61 bits per heavy atom. The van der Waals surface area contributed by atoms with Crippen LogP contribution >= 0.6 is 11.6 Å². The molecule has 0 radical (unpaired) electrons. The second-order valence-electron chi connectivity index (χ2n) is 12.3. The van der Waals surface area contributed by atoms with E-state index in [4.69, 9.17) is 16.6 Å². The minimum absolute atomic E-state index is 0.124. The molecule has 1 N–H and O–H groups in total. The van der Waals surface area contributed by atoms with E-state index in [2.05, 4.69) is 54.1 Å². The van der Waals surface area contributed by atoms with Gasteiger partial charge in [0.25, 0.3) is 0 Å². The van der Waals surface area contributed by atoms with Gasteiger partial charge in [-0.15, -0.1) is 0 Å². The maximum absolute atomic E-state index is 13.8. The molecule has 0 bridgehead atoms. The zero-order chi connectivity index (χ0) is 28.3. The summed E-state index contributed by atoms with van der Waals surface area (Å²) >= 11 is 6.06. The first-order chi connectivity index (χ1) is 20.0. The molecule has 2 aliphatic carbocycles. The molecule has 214 valence electrons. The van der Waals surface area contributed by atoms with Crippen LogP contribution in [0.2, 0.25) is 5.02 Å². The Morgan fingerprint density at radius 3 is 2.34 bits per heavy atom. The third-order valence-electron chi connectivity index (χ3n) is 9.36. The summed E-state index contributed by atoms with van der Waals surface area (Å²) in [6.45, 7) is 5.67. The lowest BCUT2D eigenvalue weighted by molar-refractivity contribution is -0.124. The van der Waals surface area contributed by atoms with Gasteiger partial charge in [-0.2, -0.15) is 0 Å². The van der Waals surface area contributed by atoms with Crippen molar-refractivity contribution < 1.29 is 4.79 Å². The normalized spacial score (nSPS) is 16.8. The molecule has 4 aromatic rings. The molecule has 1 atom stereocenters. The highest BCUT2D eigenvalue weighted by Gasteiger charge is 2.30. The Morgan fingerprint density at radius 1 is 0.927 bits per heavy atom. The smallest absolute Gasteiger partial charge is 0.228 e. The molecule has 1 fully saturated rings. The lowest BCUT2D eigenvalue weighted by Gasteiger charge is -2.26. The number of amides is 1. The van der Waals surface area contributed by atoms with E-state index in [-0.39, 0.29) is 11.8 Å². The maximum atomic E-state index is 13.8. The largest absolute Gasteiger partial charge is 0.351 e. The predicted octanol–water partition coefficient (Wildman–Crippen LogP) is 8.60. The van der Waals surface area contributed by atoms with E-state index in [0.717, 1.165) is 54.7 Å². The fraction of sp³-hybridized carbons (Fsp3) is 0.444. The number of rotatable bonds is 7. The third kappa shape index (κ3) is 6.09. The number of aromatic nitrogens is 2. The summed E-state index contributed by atoms with van der Waals surface area (Å²) in [6.07, 6.45) is 12.0. The van der Waals surface area contributed by atoms with Crippen LogP contribution in [0.1, 0.15) is 96.5 Å². The Balaban J connectivity index is 1.27. The van der Waals surface area contributed by atoms with Crippen molar-refractivity contribution in [2.45, 2.75) is 97.1 Å². The van der Waals surface area contributed by atoms with Gasteiger partial charge in [0.2, 0.25) is 5.91 Å². The first-order valence-corrected chi connectivity index (χ1v) is 15.9. The molecule has 1 saturated carbocycles. The maximum Gasteiger partial charge on any atom is 0.228 e. The Labute approximate surface area is 249 Å². The quantitative estimate of drug-likeness (QED) is 0.227. The lowest BCUT2D eigenvalue weighted by atomic mass is 9.80. The summed E-state index contributed by atoms with van der Waals surface area (Å²) in [6, 6.07) is 18.9. The molecule has 1 unspecified atom stereocenters. The summed E-state index contributed by atoms with van der Waals surface area (Å²) in [5.41, 5.74) is 10.0. The van der Waals surface area contributed by atoms with Gasteiger partial charge in [-0.3, -0.25) is 4.79 Å². The van der Waals surface area contributed by atoms with Crippen LogP contribution in [-0.4, -0.2) is 15.5 Å². The van der Waals surface area contributed by atoms with Gasteiger partial charge in [0.1, 0.15) is 5.65 Å². The molecular formula is C36H42ClN3O. The van der Waals surface area contributed by atoms with E-state index in [1.54, 1.807) is 0 Å². The minimum Gasteiger partial charge on any atom is -0.351 e. The van der Waals surface area contributed by atoms with Crippen LogP contribution in [0.25, 0.3) is 11.0 Å². The first kappa shape index (κ1) is 28.0. The summed E-state index contributed by atoms with van der Waals surface area (Å²) in [5, 5.41) is 5.34. The molecular weight excluding hydrogens is 526 g/mol. The van der Waals surface area contributed by atoms with Crippen molar-refractivity contribution in [2.75, 3.05) is 0 Å². The van der Waals surface area contributed by atoms with Gasteiger partial charge in [-0.05, 0) is 104 Å². The van der Waals surface area contributed by atoms with E-state index in [1.807, 2.05) is 24.3 Å². The number of carbonyl (C=O) groups excluding carboxylic acids is 1. The lowest BCUT2D eigenvalue weighted by Crippen LogP contribution is -2.33. The highest BCUT2D eigenvalue weighted by molar-refractivity contribution is 6.30.